The van der Waals surface area contributed by atoms with E-state index in [0.717, 1.165) is 22.2 Å². The lowest BCUT2D eigenvalue weighted by molar-refractivity contribution is -0.138. The summed E-state index contributed by atoms with van der Waals surface area (Å²) in [5, 5.41) is 19.8. The number of hydrogen-bond donors (Lipinski definition) is 3. The van der Waals surface area contributed by atoms with Crippen LogP contribution in [0.25, 0.3) is 10.9 Å². The van der Waals surface area contributed by atoms with E-state index in [0.29, 0.717) is 5.56 Å². The monoisotopic (exact) mass is 233 g/mol. The molecule has 0 saturated carbocycles. The number of phenolic OH excluding ortho intramolecular Hbond substituents is 1. The number of aromatic hydroxyl groups is 1. The van der Waals surface area contributed by atoms with Crippen LogP contribution in [-0.2, 0) is 4.79 Å². The Labute approximate surface area is 98.9 Å². The van der Waals surface area contributed by atoms with Gasteiger partial charge >= 0.3 is 5.97 Å². The summed E-state index contributed by atoms with van der Waals surface area (Å²) in [4.78, 5) is 14.3. The third-order valence-electron chi connectivity index (χ3n) is 3.29. The van der Waals surface area contributed by atoms with Crippen molar-refractivity contribution in [3.05, 3.63) is 29.0 Å². The van der Waals surface area contributed by atoms with Crippen molar-refractivity contribution in [2.45, 2.75) is 26.7 Å². The van der Waals surface area contributed by atoms with Gasteiger partial charge in [0.1, 0.15) is 5.75 Å². The molecular weight excluding hydrogens is 218 g/mol. The number of nitrogens with one attached hydrogen (secondary N) is 1. The minimum absolute atomic E-state index is 0.0366. The number of aryl methyl sites for hydroxylation is 2. The normalized spacial score (nSPS) is 12.9. The molecule has 1 unspecified atom stereocenters. The van der Waals surface area contributed by atoms with Crippen LogP contribution < -0.4 is 0 Å². The van der Waals surface area contributed by atoms with E-state index in [1.54, 1.807) is 13.0 Å². The fourth-order valence-electron chi connectivity index (χ4n) is 2.16. The van der Waals surface area contributed by atoms with Crippen LogP contribution in [0.4, 0.5) is 0 Å². The summed E-state index contributed by atoms with van der Waals surface area (Å²) in [6, 6.07) is 3.30. The van der Waals surface area contributed by atoms with Gasteiger partial charge in [0.25, 0.3) is 0 Å². The maximum atomic E-state index is 11.1. The summed E-state index contributed by atoms with van der Waals surface area (Å²) in [5.41, 5.74) is 3.32. The highest BCUT2D eigenvalue weighted by molar-refractivity contribution is 5.94. The Hall–Kier alpha value is -1.97. The molecular formula is C13H15NO3. The number of fused-ring (bicyclic) bond motifs is 1. The molecule has 0 aliphatic heterocycles. The molecule has 0 aliphatic carbocycles. The van der Waals surface area contributed by atoms with Gasteiger partial charge in [-0.15, -0.1) is 0 Å². The fourth-order valence-corrected chi connectivity index (χ4v) is 2.16. The molecule has 4 heteroatoms. The Kier molecular flexibility index (Phi) is 2.58. The average Bonchev–Trinajstić information content (AvgIpc) is 2.55. The van der Waals surface area contributed by atoms with Gasteiger partial charge in [-0.2, -0.15) is 0 Å². The zero-order chi connectivity index (χ0) is 12.7. The number of carboxylic acids is 1. The number of aliphatic carboxylic acids is 1. The molecule has 1 heterocycles. The van der Waals surface area contributed by atoms with Crippen molar-refractivity contribution in [1.82, 2.24) is 4.98 Å². The minimum Gasteiger partial charge on any atom is -0.508 e. The zero-order valence-corrected chi connectivity index (χ0v) is 10.0. The molecule has 0 radical (unpaired) electrons. The van der Waals surface area contributed by atoms with E-state index in [1.165, 1.54) is 6.07 Å². The molecule has 4 nitrogen and oxygen atoms in total. The van der Waals surface area contributed by atoms with Gasteiger partial charge in [-0.05, 0) is 38.5 Å². The Morgan fingerprint density at radius 3 is 2.59 bits per heavy atom. The number of hydrogen-bond acceptors (Lipinski definition) is 2. The van der Waals surface area contributed by atoms with Crippen molar-refractivity contribution < 1.29 is 15.0 Å². The van der Waals surface area contributed by atoms with Crippen LogP contribution in [0.2, 0.25) is 0 Å². The van der Waals surface area contributed by atoms with Crippen LogP contribution in [0.1, 0.15) is 29.7 Å². The molecule has 0 saturated heterocycles. The number of benzene rings is 1. The minimum atomic E-state index is -0.939. The van der Waals surface area contributed by atoms with Gasteiger partial charge < -0.3 is 15.2 Å². The van der Waals surface area contributed by atoms with Crippen LogP contribution in [0, 0.1) is 13.8 Å². The van der Waals surface area contributed by atoms with E-state index in [4.69, 9.17) is 5.11 Å². The lowest BCUT2D eigenvalue weighted by atomic mass is 9.94. The third-order valence-corrected chi connectivity index (χ3v) is 3.29. The zero-order valence-electron chi connectivity index (χ0n) is 10.0. The summed E-state index contributed by atoms with van der Waals surface area (Å²) in [5.74, 6) is -1.63. The van der Waals surface area contributed by atoms with Gasteiger partial charge in [0.2, 0.25) is 0 Å². The van der Waals surface area contributed by atoms with Gasteiger partial charge in [0, 0.05) is 22.2 Å². The summed E-state index contributed by atoms with van der Waals surface area (Å²) >= 11 is 0. The molecule has 0 bridgehead atoms. The lowest BCUT2D eigenvalue weighted by Gasteiger charge is -2.11. The van der Waals surface area contributed by atoms with Gasteiger partial charge in [-0.3, -0.25) is 4.79 Å². The number of phenols is 1. The molecule has 3 N–H and O–H groups in total. The van der Waals surface area contributed by atoms with Crippen molar-refractivity contribution in [2.24, 2.45) is 0 Å². The molecule has 1 atom stereocenters. The van der Waals surface area contributed by atoms with Crippen molar-refractivity contribution in [3.63, 3.8) is 0 Å². The van der Waals surface area contributed by atoms with E-state index < -0.39 is 11.9 Å². The van der Waals surface area contributed by atoms with Crippen LogP contribution in [0.3, 0.4) is 0 Å². The Balaban J connectivity index is 2.84. The molecule has 17 heavy (non-hydrogen) atoms. The molecule has 1 aromatic carbocycles. The number of carbonyl (C=O) groups is 1. The Morgan fingerprint density at radius 2 is 2.00 bits per heavy atom. The average molecular weight is 233 g/mol. The van der Waals surface area contributed by atoms with Crippen molar-refractivity contribution in [1.29, 1.82) is 0 Å². The molecule has 90 valence electrons. The predicted molar refractivity (Wildman–Crippen MR) is 65.5 cm³/mol. The number of H-pyrrole nitrogens is 1. The Morgan fingerprint density at radius 1 is 1.35 bits per heavy atom. The largest absolute Gasteiger partial charge is 0.508 e. The molecule has 0 aliphatic rings. The Bertz CT molecular complexity index is 598. The summed E-state index contributed by atoms with van der Waals surface area (Å²) in [7, 11) is 0. The molecule has 1 aromatic heterocycles. The first-order valence-electron chi connectivity index (χ1n) is 5.47. The predicted octanol–water partition coefficient (Wildman–Crippen LogP) is 2.68. The first-order valence-corrected chi connectivity index (χ1v) is 5.47. The highest BCUT2D eigenvalue weighted by Crippen LogP contribution is 2.36. The summed E-state index contributed by atoms with van der Waals surface area (Å²) < 4.78 is 0. The van der Waals surface area contributed by atoms with E-state index in [2.05, 4.69) is 4.98 Å². The molecule has 0 amide bonds. The van der Waals surface area contributed by atoms with Crippen molar-refractivity contribution in [3.8, 4) is 5.75 Å². The number of carboxylic acid groups (broad SMARTS) is 1. The smallest absolute Gasteiger partial charge is 0.310 e. The second-order valence-corrected chi connectivity index (χ2v) is 4.36. The first-order chi connectivity index (χ1) is 7.93. The quantitative estimate of drug-likeness (QED) is 0.746. The highest BCUT2D eigenvalue weighted by Gasteiger charge is 2.22. The van der Waals surface area contributed by atoms with Gasteiger partial charge in [0.15, 0.2) is 0 Å². The molecule has 0 spiro atoms. The first kappa shape index (κ1) is 11.5. The van der Waals surface area contributed by atoms with E-state index in [-0.39, 0.29) is 5.75 Å². The summed E-state index contributed by atoms with van der Waals surface area (Å²) in [6.45, 7) is 5.44. The van der Waals surface area contributed by atoms with Crippen LogP contribution in [-0.4, -0.2) is 21.2 Å². The van der Waals surface area contributed by atoms with Crippen LogP contribution in [0.15, 0.2) is 12.1 Å². The van der Waals surface area contributed by atoms with Crippen molar-refractivity contribution in [2.75, 3.05) is 0 Å². The number of aromatic nitrogens is 1. The third kappa shape index (κ3) is 1.65. The maximum Gasteiger partial charge on any atom is 0.310 e. The van der Waals surface area contributed by atoms with Gasteiger partial charge in [0.05, 0.1) is 5.92 Å². The fraction of sp³-hybridized carbons (Fsp3) is 0.308. The van der Waals surface area contributed by atoms with Crippen LogP contribution in [0.5, 0.6) is 5.75 Å². The van der Waals surface area contributed by atoms with E-state index in [9.17, 15) is 9.90 Å². The van der Waals surface area contributed by atoms with Crippen molar-refractivity contribution >= 4 is 16.9 Å². The highest BCUT2D eigenvalue weighted by atomic mass is 16.4. The number of rotatable bonds is 2. The SMILES string of the molecule is Cc1[nH]c2ccc(O)c(C(C)C(=O)O)c2c1C. The lowest BCUT2D eigenvalue weighted by Crippen LogP contribution is -2.08. The van der Waals surface area contributed by atoms with E-state index >= 15 is 0 Å². The molecule has 0 fully saturated rings. The maximum absolute atomic E-state index is 11.1. The summed E-state index contributed by atoms with van der Waals surface area (Å²) in [6.07, 6.45) is 0. The second kappa shape index (κ2) is 3.80. The standard InChI is InChI=1S/C13H15NO3/c1-6-8(3)14-9-4-5-10(15)12(11(6)9)7(2)13(16)17/h4-5,7,14-15H,1-3H3,(H,16,17). The molecule has 2 rings (SSSR count). The van der Waals surface area contributed by atoms with Gasteiger partial charge in [-0.1, -0.05) is 0 Å². The molecule has 2 aromatic rings. The van der Waals surface area contributed by atoms with Gasteiger partial charge in [-0.25, -0.2) is 0 Å². The topological polar surface area (TPSA) is 73.3 Å². The van der Waals surface area contributed by atoms with E-state index in [1.807, 2.05) is 13.8 Å². The van der Waals surface area contributed by atoms with Crippen LogP contribution >= 0.6 is 0 Å². The second-order valence-electron chi connectivity index (χ2n) is 4.36. The number of aromatic amines is 1.